The second-order valence-electron chi connectivity index (χ2n) is 5.38. The molecular formula is C18H12BrFN2O3S. The number of hydrogen-bond donors (Lipinski definition) is 1. The quantitative estimate of drug-likeness (QED) is 0.729. The average molecular weight is 435 g/mol. The highest BCUT2D eigenvalue weighted by Crippen LogP contribution is 2.32. The van der Waals surface area contributed by atoms with Crippen LogP contribution in [0, 0.1) is 5.82 Å². The summed E-state index contributed by atoms with van der Waals surface area (Å²) < 4.78 is 14.0. The van der Waals surface area contributed by atoms with Crippen LogP contribution in [0.3, 0.4) is 0 Å². The van der Waals surface area contributed by atoms with Gasteiger partial charge < -0.3 is 5.32 Å². The zero-order valence-corrected chi connectivity index (χ0v) is 15.6. The molecule has 0 saturated carbocycles. The van der Waals surface area contributed by atoms with Crippen molar-refractivity contribution in [1.29, 1.82) is 0 Å². The van der Waals surface area contributed by atoms with E-state index in [0.717, 1.165) is 32.8 Å². The van der Waals surface area contributed by atoms with E-state index in [9.17, 15) is 18.8 Å². The zero-order valence-electron chi connectivity index (χ0n) is 13.2. The van der Waals surface area contributed by atoms with E-state index in [1.54, 1.807) is 12.1 Å². The first-order chi connectivity index (χ1) is 12.4. The van der Waals surface area contributed by atoms with Crippen molar-refractivity contribution in [3.05, 3.63) is 69.3 Å². The van der Waals surface area contributed by atoms with Crippen molar-refractivity contribution in [1.82, 2.24) is 4.90 Å². The fourth-order valence-electron chi connectivity index (χ4n) is 2.29. The number of benzene rings is 2. The van der Waals surface area contributed by atoms with Crippen molar-refractivity contribution in [2.75, 3.05) is 11.9 Å². The number of carbonyl (C=O) groups excluding carboxylic acids is 3. The monoisotopic (exact) mass is 434 g/mol. The Morgan fingerprint density at radius 2 is 1.96 bits per heavy atom. The van der Waals surface area contributed by atoms with Crippen LogP contribution in [0.1, 0.15) is 5.56 Å². The van der Waals surface area contributed by atoms with E-state index in [-0.39, 0.29) is 10.6 Å². The van der Waals surface area contributed by atoms with E-state index in [4.69, 9.17) is 0 Å². The van der Waals surface area contributed by atoms with Gasteiger partial charge in [-0.3, -0.25) is 19.3 Å². The third kappa shape index (κ3) is 4.39. The normalized spacial score (nSPS) is 15.6. The highest BCUT2D eigenvalue weighted by atomic mass is 79.9. The van der Waals surface area contributed by atoms with Gasteiger partial charge in [-0.2, -0.15) is 0 Å². The van der Waals surface area contributed by atoms with Gasteiger partial charge in [0.2, 0.25) is 5.91 Å². The van der Waals surface area contributed by atoms with Gasteiger partial charge in [0.15, 0.2) is 0 Å². The Hall–Kier alpha value is -2.45. The lowest BCUT2D eigenvalue weighted by Crippen LogP contribution is -2.36. The molecule has 1 fully saturated rings. The average Bonchev–Trinajstić information content (AvgIpc) is 2.82. The van der Waals surface area contributed by atoms with Crippen LogP contribution >= 0.6 is 27.7 Å². The summed E-state index contributed by atoms with van der Waals surface area (Å²) in [5, 5.41) is 1.94. The third-order valence-electron chi connectivity index (χ3n) is 3.43. The van der Waals surface area contributed by atoms with E-state index in [0.29, 0.717) is 0 Å². The van der Waals surface area contributed by atoms with E-state index >= 15 is 0 Å². The standard InChI is InChI=1S/C18H12BrFN2O3S/c19-12-4-1-3-11(7-12)8-15-17(24)22(18(25)26-15)10-16(23)21-14-6-2-5-13(20)9-14/h1-9H,10H2,(H,21,23)/b15-8+. The van der Waals surface area contributed by atoms with Crippen LogP contribution in [-0.2, 0) is 9.59 Å². The molecule has 0 unspecified atom stereocenters. The summed E-state index contributed by atoms with van der Waals surface area (Å²) in [6.07, 6.45) is 1.60. The first kappa shape index (κ1) is 18.3. The van der Waals surface area contributed by atoms with Crippen molar-refractivity contribution in [2.24, 2.45) is 0 Å². The first-order valence-corrected chi connectivity index (χ1v) is 9.10. The van der Waals surface area contributed by atoms with Crippen LogP contribution in [0.2, 0.25) is 0 Å². The maximum Gasteiger partial charge on any atom is 0.294 e. The number of rotatable bonds is 4. The van der Waals surface area contributed by atoms with Gasteiger partial charge in [-0.15, -0.1) is 0 Å². The number of anilines is 1. The second kappa shape index (κ2) is 7.84. The molecule has 1 aliphatic heterocycles. The van der Waals surface area contributed by atoms with Gasteiger partial charge in [0, 0.05) is 10.2 Å². The molecule has 0 aromatic heterocycles. The van der Waals surface area contributed by atoms with Crippen LogP contribution < -0.4 is 5.32 Å². The molecule has 0 atom stereocenters. The van der Waals surface area contributed by atoms with E-state index < -0.39 is 29.4 Å². The van der Waals surface area contributed by atoms with Gasteiger partial charge in [0.1, 0.15) is 12.4 Å². The fraction of sp³-hybridized carbons (Fsp3) is 0.0556. The number of nitrogens with zero attached hydrogens (tertiary/aromatic N) is 1. The highest BCUT2D eigenvalue weighted by Gasteiger charge is 2.36. The molecule has 1 heterocycles. The summed E-state index contributed by atoms with van der Waals surface area (Å²) in [5.74, 6) is -1.61. The molecular weight excluding hydrogens is 423 g/mol. The smallest absolute Gasteiger partial charge is 0.294 e. The van der Waals surface area contributed by atoms with Gasteiger partial charge in [-0.25, -0.2) is 4.39 Å². The number of imide groups is 1. The Labute approximate surface area is 161 Å². The van der Waals surface area contributed by atoms with E-state index in [1.165, 1.54) is 18.2 Å². The van der Waals surface area contributed by atoms with Crippen molar-refractivity contribution in [3.63, 3.8) is 0 Å². The maximum atomic E-state index is 13.1. The maximum absolute atomic E-state index is 13.1. The Kier molecular flexibility index (Phi) is 5.53. The lowest BCUT2D eigenvalue weighted by molar-refractivity contribution is -0.127. The molecule has 2 aromatic rings. The van der Waals surface area contributed by atoms with Gasteiger partial charge in [0.25, 0.3) is 11.1 Å². The minimum Gasteiger partial charge on any atom is -0.324 e. The molecule has 1 N–H and O–H groups in total. The van der Waals surface area contributed by atoms with Crippen molar-refractivity contribution in [3.8, 4) is 0 Å². The molecule has 3 amide bonds. The van der Waals surface area contributed by atoms with Crippen molar-refractivity contribution in [2.45, 2.75) is 0 Å². The summed E-state index contributed by atoms with van der Waals surface area (Å²) in [7, 11) is 0. The van der Waals surface area contributed by atoms with Crippen LogP contribution in [0.5, 0.6) is 0 Å². The molecule has 5 nitrogen and oxygen atoms in total. The van der Waals surface area contributed by atoms with Crippen LogP contribution in [0.15, 0.2) is 57.9 Å². The minimum absolute atomic E-state index is 0.242. The van der Waals surface area contributed by atoms with E-state index in [2.05, 4.69) is 21.2 Å². The Morgan fingerprint density at radius 3 is 2.69 bits per heavy atom. The second-order valence-corrected chi connectivity index (χ2v) is 7.29. The molecule has 0 bridgehead atoms. The number of nitrogens with one attached hydrogen (secondary N) is 1. The number of thioether (sulfide) groups is 1. The fourth-order valence-corrected chi connectivity index (χ4v) is 3.55. The molecule has 0 spiro atoms. The predicted molar refractivity (Wildman–Crippen MR) is 102 cm³/mol. The molecule has 2 aromatic carbocycles. The van der Waals surface area contributed by atoms with Gasteiger partial charge in [-0.1, -0.05) is 34.1 Å². The van der Waals surface area contributed by atoms with Crippen LogP contribution in [0.4, 0.5) is 14.9 Å². The lowest BCUT2D eigenvalue weighted by atomic mass is 10.2. The largest absolute Gasteiger partial charge is 0.324 e. The summed E-state index contributed by atoms with van der Waals surface area (Å²) in [5.41, 5.74) is 1.01. The number of halogens is 2. The molecule has 26 heavy (non-hydrogen) atoms. The molecule has 0 radical (unpaired) electrons. The van der Waals surface area contributed by atoms with Crippen molar-refractivity contribution >= 4 is 56.5 Å². The topological polar surface area (TPSA) is 66.5 Å². The molecule has 8 heteroatoms. The Morgan fingerprint density at radius 1 is 1.19 bits per heavy atom. The number of hydrogen-bond acceptors (Lipinski definition) is 4. The molecule has 0 aliphatic carbocycles. The summed E-state index contributed by atoms with van der Waals surface area (Å²) in [4.78, 5) is 37.7. The first-order valence-electron chi connectivity index (χ1n) is 7.49. The third-order valence-corrected chi connectivity index (χ3v) is 4.83. The lowest BCUT2D eigenvalue weighted by Gasteiger charge is -2.12. The van der Waals surface area contributed by atoms with Crippen LogP contribution in [-0.4, -0.2) is 28.5 Å². The summed E-state index contributed by atoms with van der Waals surface area (Å²) in [6.45, 7) is -0.434. The molecule has 1 saturated heterocycles. The van der Waals surface area contributed by atoms with Crippen LogP contribution in [0.25, 0.3) is 6.08 Å². The van der Waals surface area contributed by atoms with Gasteiger partial charge >= 0.3 is 0 Å². The van der Waals surface area contributed by atoms with Crippen molar-refractivity contribution < 1.29 is 18.8 Å². The number of amides is 3. The van der Waals surface area contributed by atoms with E-state index in [1.807, 2.05) is 18.2 Å². The predicted octanol–water partition coefficient (Wildman–Crippen LogP) is 4.26. The minimum atomic E-state index is -0.582. The summed E-state index contributed by atoms with van der Waals surface area (Å²) >= 11 is 4.12. The Balaban J connectivity index is 1.70. The molecule has 3 rings (SSSR count). The summed E-state index contributed by atoms with van der Waals surface area (Å²) in [6, 6.07) is 12.6. The zero-order chi connectivity index (χ0) is 18.7. The van der Waals surface area contributed by atoms with Gasteiger partial charge in [-0.05, 0) is 53.7 Å². The number of carbonyl (C=O) groups is 3. The van der Waals surface area contributed by atoms with Gasteiger partial charge in [0.05, 0.1) is 4.91 Å². The molecule has 1 aliphatic rings. The SMILES string of the molecule is O=C(CN1C(=O)S/C(=C/c2cccc(Br)c2)C1=O)Nc1cccc(F)c1. The highest BCUT2D eigenvalue weighted by molar-refractivity contribution is 9.10. The Bertz CT molecular complexity index is 932. The molecule has 132 valence electrons.